The van der Waals surface area contributed by atoms with Crippen LogP contribution in [0.25, 0.3) is 0 Å². The van der Waals surface area contributed by atoms with Crippen molar-refractivity contribution in [3.05, 3.63) is 29.8 Å². The summed E-state index contributed by atoms with van der Waals surface area (Å²) in [7, 11) is 0. The number of Topliss-reactive ketones (excluding diaryl/α,β-unsaturated/α-hetero) is 1. The zero-order valence-electron chi connectivity index (χ0n) is 14.8. The molecule has 7 nitrogen and oxygen atoms in total. The van der Waals surface area contributed by atoms with E-state index in [1.54, 1.807) is 24.3 Å². The number of nitrogens with one attached hydrogen (secondary N) is 2. The second-order valence-electron chi connectivity index (χ2n) is 6.93. The van der Waals surface area contributed by atoms with E-state index >= 15 is 0 Å². The lowest BCUT2D eigenvalue weighted by molar-refractivity contribution is -0.131. The van der Waals surface area contributed by atoms with Gasteiger partial charge in [0.05, 0.1) is 0 Å². The van der Waals surface area contributed by atoms with Crippen LogP contribution in [0.1, 0.15) is 49.4 Å². The molecule has 2 fully saturated rings. The Hall–Kier alpha value is -2.70. The summed E-state index contributed by atoms with van der Waals surface area (Å²) in [5.41, 5.74) is 1.06. The second kappa shape index (κ2) is 7.68. The number of amides is 4. The molecule has 0 bridgehead atoms. The van der Waals surface area contributed by atoms with E-state index in [1.807, 2.05) is 0 Å². The highest BCUT2D eigenvalue weighted by Crippen LogP contribution is 2.29. The van der Waals surface area contributed by atoms with Gasteiger partial charge >= 0.3 is 6.03 Å². The number of imide groups is 1. The van der Waals surface area contributed by atoms with Gasteiger partial charge in [0, 0.05) is 11.3 Å². The topological polar surface area (TPSA) is 95.6 Å². The predicted molar refractivity (Wildman–Crippen MR) is 95.7 cm³/mol. The number of rotatable bonds is 5. The largest absolute Gasteiger partial charge is 0.326 e. The average molecular weight is 357 g/mol. The molecule has 2 N–H and O–H groups in total. The molecule has 3 rings (SSSR count). The van der Waals surface area contributed by atoms with Gasteiger partial charge in [-0.05, 0) is 49.9 Å². The van der Waals surface area contributed by atoms with Gasteiger partial charge < -0.3 is 10.6 Å². The Morgan fingerprint density at radius 3 is 2.38 bits per heavy atom. The molecule has 1 aromatic carbocycles. The quantitative estimate of drug-likeness (QED) is 0.624. The summed E-state index contributed by atoms with van der Waals surface area (Å²) >= 11 is 0. The zero-order valence-corrected chi connectivity index (χ0v) is 14.8. The number of urea groups is 1. The van der Waals surface area contributed by atoms with E-state index in [0.29, 0.717) is 11.3 Å². The molecule has 1 aliphatic carbocycles. The summed E-state index contributed by atoms with van der Waals surface area (Å²) in [6.07, 6.45) is 5.17. The first-order chi connectivity index (χ1) is 12.5. The number of hydrogen-bond donors (Lipinski definition) is 2. The Kier molecular flexibility index (Phi) is 5.35. The van der Waals surface area contributed by atoms with Crippen LogP contribution in [0.2, 0.25) is 0 Å². The Morgan fingerprint density at radius 2 is 1.77 bits per heavy atom. The molecule has 2 aliphatic rings. The third-order valence-electron chi connectivity index (χ3n) is 5.05. The van der Waals surface area contributed by atoms with E-state index in [9.17, 15) is 19.2 Å². The Morgan fingerprint density at radius 1 is 1.12 bits per heavy atom. The van der Waals surface area contributed by atoms with Crippen molar-refractivity contribution in [1.29, 1.82) is 0 Å². The molecule has 1 atom stereocenters. The van der Waals surface area contributed by atoms with Gasteiger partial charge in [-0.3, -0.25) is 19.3 Å². The summed E-state index contributed by atoms with van der Waals surface area (Å²) in [6.45, 7) is 1.15. The molecule has 1 aliphatic heterocycles. The third-order valence-corrected chi connectivity index (χ3v) is 5.05. The van der Waals surface area contributed by atoms with Crippen LogP contribution < -0.4 is 10.6 Å². The van der Waals surface area contributed by atoms with Gasteiger partial charge in [0.2, 0.25) is 5.91 Å². The average Bonchev–Trinajstić information content (AvgIpc) is 2.91. The lowest BCUT2D eigenvalue weighted by atomic mass is 9.84. The van der Waals surface area contributed by atoms with E-state index < -0.39 is 18.0 Å². The molecular formula is C19H23N3O4. The van der Waals surface area contributed by atoms with Crippen molar-refractivity contribution in [2.24, 2.45) is 5.92 Å². The van der Waals surface area contributed by atoms with Crippen molar-refractivity contribution in [2.45, 2.75) is 45.1 Å². The molecule has 0 aromatic heterocycles. The highest BCUT2D eigenvalue weighted by molar-refractivity contribution is 6.08. The molecule has 26 heavy (non-hydrogen) atoms. The van der Waals surface area contributed by atoms with Crippen molar-refractivity contribution >= 4 is 29.3 Å². The highest BCUT2D eigenvalue weighted by Gasteiger charge is 2.43. The van der Waals surface area contributed by atoms with Crippen LogP contribution in [0.3, 0.4) is 0 Å². The van der Waals surface area contributed by atoms with Crippen molar-refractivity contribution in [1.82, 2.24) is 10.2 Å². The Balaban J connectivity index is 1.58. The minimum atomic E-state index is -0.509. The lowest BCUT2D eigenvalue weighted by Gasteiger charge is -2.25. The number of ketones is 1. The standard InChI is InChI=1S/C19H23N3O4/c1-12(23)13-7-9-15(10-8-13)20-16(24)11-22-18(25)17(21-19(22)26)14-5-3-2-4-6-14/h7-10,14,17H,2-6,11H2,1H3,(H,20,24)(H,21,26). The van der Waals surface area contributed by atoms with Gasteiger partial charge in [0.25, 0.3) is 5.91 Å². The van der Waals surface area contributed by atoms with E-state index in [4.69, 9.17) is 0 Å². The SMILES string of the molecule is CC(=O)c1ccc(NC(=O)CN2C(=O)NC(C3CCCCC3)C2=O)cc1. The normalized spacial score (nSPS) is 20.8. The lowest BCUT2D eigenvalue weighted by Crippen LogP contribution is -2.40. The fourth-order valence-electron chi connectivity index (χ4n) is 3.61. The maximum Gasteiger partial charge on any atom is 0.325 e. The first-order valence-electron chi connectivity index (χ1n) is 8.98. The minimum absolute atomic E-state index is 0.0593. The Bertz CT molecular complexity index is 723. The first kappa shape index (κ1) is 18.1. The van der Waals surface area contributed by atoms with Crippen LogP contribution in [0, 0.1) is 5.92 Å². The van der Waals surface area contributed by atoms with Gasteiger partial charge in [-0.25, -0.2) is 4.79 Å². The van der Waals surface area contributed by atoms with Crippen LogP contribution in [0.4, 0.5) is 10.5 Å². The summed E-state index contributed by atoms with van der Waals surface area (Å²) in [4.78, 5) is 49.1. The highest BCUT2D eigenvalue weighted by atomic mass is 16.2. The van der Waals surface area contributed by atoms with Gasteiger partial charge in [-0.15, -0.1) is 0 Å². The van der Waals surface area contributed by atoms with Crippen molar-refractivity contribution in [3.63, 3.8) is 0 Å². The van der Waals surface area contributed by atoms with E-state index in [0.717, 1.165) is 30.6 Å². The molecule has 0 spiro atoms. The second-order valence-corrected chi connectivity index (χ2v) is 6.93. The molecular weight excluding hydrogens is 334 g/mol. The fraction of sp³-hybridized carbons (Fsp3) is 0.474. The third kappa shape index (κ3) is 3.92. The van der Waals surface area contributed by atoms with Crippen LogP contribution in [-0.4, -0.2) is 41.1 Å². The molecule has 1 aromatic rings. The molecule has 0 radical (unpaired) electrons. The zero-order chi connectivity index (χ0) is 18.7. The number of carbonyl (C=O) groups is 4. The molecule has 1 unspecified atom stereocenters. The van der Waals surface area contributed by atoms with Gasteiger partial charge in [0.15, 0.2) is 5.78 Å². The Labute approximate surface area is 152 Å². The smallest absolute Gasteiger partial charge is 0.325 e. The van der Waals surface area contributed by atoms with E-state index in [1.165, 1.54) is 13.3 Å². The number of nitrogens with zero attached hydrogens (tertiary/aromatic N) is 1. The number of anilines is 1. The van der Waals surface area contributed by atoms with E-state index in [2.05, 4.69) is 10.6 Å². The van der Waals surface area contributed by atoms with E-state index in [-0.39, 0.29) is 24.2 Å². The molecule has 1 saturated carbocycles. The minimum Gasteiger partial charge on any atom is -0.326 e. The summed E-state index contributed by atoms with van der Waals surface area (Å²) in [5, 5.41) is 5.38. The summed E-state index contributed by atoms with van der Waals surface area (Å²) in [5.74, 6) is -0.666. The maximum atomic E-state index is 12.5. The fourth-order valence-corrected chi connectivity index (χ4v) is 3.61. The number of benzene rings is 1. The van der Waals surface area contributed by atoms with Gasteiger partial charge in [-0.2, -0.15) is 0 Å². The maximum absolute atomic E-state index is 12.5. The van der Waals surface area contributed by atoms with Crippen LogP contribution in [0.15, 0.2) is 24.3 Å². The monoisotopic (exact) mass is 357 g/mol. The van der Waals surface area contributed by atoms with Crippen molar-refractivity contribution in [3.8, 4) is 0 Å². The number of carbonyl (C=O) groups excluding carboxylic acids is 4. The van der Waals surface area contributed by atoms with Gasteiger partial charge in [-0.1, -0.05) is 19.3 Å². The molecule has 138 valence electrons. The first-order valence-corrected chi connectivity index (χ1v) is 8.98. The van der Waals surface area contributed by atoms with Crippen molar-refractivity contribution < 1.29 is 19.2 Å². The summed E-state index contributed by atoms with van der Waals surface area (Å²) < 4.78 is 0. The molecule has 4 amide bonds. The van der Waals surface area contributed by atoms with Crippen LogP contribution >= 0.6 is 0 Å². The number of hydrogen-bond acceptors (Lipinski definition) is 4. The van der Waals surface area contributed by atoms with Crippen LogP contribution in [0.5, 0.6) is 0 Å². The van der Waals surface area contributed by atoms with Gasteiger partial charge in [0.1, 0.15) is 12.6 Å². The molecule has 1 saturated heterocycles. The predicted octanol–water partition coefficient (Wildman–Crippen LogP) is 2.33. The molecule has 7 heteroatoms. The van der Waals surface area contributed by atoms with Crippen molar-refractivity contribution in [2.75, 3.05) is 11.9 Å². The summed E-state index contributed by atoms with van der Waals surface area (Å²) in [6, 6.07) is 5.45. The molecule has 1 heterocycles. The van der Waals surface area contributed by atoms with Crippen LogP contribution in [-0.2, 0) is 9.59 Å².